The van der Waals surface area contributed by atoms with Crippen molar-refractivity contribution < 1.29 is 14.0 Å². The van der Waals surface area contributed by atoms with Crippen molar-refractivity contribution in [2.75, 3.05) is 7.05 Å². The molecular formula is C16H18N2O3. The summed E-state index contributed by atoms with van der Waals surface area (Å²) in [4.78, 5) is 24.7. The molecule has 0 atom stereocenters. The Morgan fingerprint density at radius 3 is 2.48 bits per heavy atom. The third-order valence-corrected chi connectivity index (χ3v) is 3.06. The van der Waals surface area contributed by atoms with Gasteiger partial charge in [-0.15, -0.1) is 0 Å². The van der Waals surface area contributed by atoms with Crippen LogP contribution in [0.25, 0.3) is 0 Å². The van der Waals surface area contributed by atoms with Gasteiger partial charge in [-0.05, 0) is 29.8 Å². The second-order valence-electron chi connectivity index (χ2n) is 4.85. The molecule has 1 heterocycles. The molecule has 2 rings (SSSR count). The highest BCUT2D eigenvalue weighted by Crippen LogP contribution is 2.10. The third-order valence-electron chi connectivity index (χ3n) is 3.06. The number of rotatable bonds is 5. The summed E-state index contributed by atoms with van der Waals surface area (Å²) in [6.45, 7) is 2.37. The highest BCUT2D eigenvalue weighted by molar-refractivity contribution is 5.94. The maximum atomic E-state index is 12.3. The minimum absolute atomic E-state index is 0.0718. The summed E-state index contributed by atoms with van der Waals surface area (Å²) >= 11 is 0. The van der Waals surface area contributed by atoms with E-state index in [-0.39, 0.29) is 11.8 Å². The summed E-state index contributed by atoms with van der Waals surface area (Å²) in [5.41, 5.74) is 1.56. The number of carbonyl (C=O) groups is 2. The molecule has 2 amide bonds. The van der Waals surface area contributed by atoms with E-state index < -0.39 is 0 Å². The minimum atomic E-state index is -0.0756. The van der Waals surface area contributed by atoms with Crippen molar-refractivity contribution in [3.05, 3.63) is 59.5 Å². The number of hydrogen-bond donors (Lipinski definition) is 1. The Hall–Kier alpha value is -2.56. The monoisotopic (exact) mass is 286 g/mol. The molecule has 0 bridgehead atoms. The lowest BCUT2D eigenvalue weighted by Gasteiger charge is -2.16. The summed E-state index contributed by atoms with van der Waals surface area (Å²) in [6.07, 6.45) is 1.59. The van der Waals surface area contributed by atoms with E-state index in [0.717, 1.165) is 11.3 Å². The fourth-order valence-electron chi connectivity index (χ4n) is 1.92. The molecule has 0 aliphatic heterocycles. The number of furan rings is 1. The molecule has 0 saturated carbocycles. The molecule has 0 unspecified atom stereocenters. The first-order valence-corrected chi connectivity index (χ1v) is 6.67. The van der Waals surface area contributed by atoms with E-state index in [9.17, 15) is 9.59 Å². The lowest BCUT2D eigenvalue weighted by molar-refractivity contribution is -0.119. The van der Waals surface area contributed by atoms with Gasteiger partial charge < -0.3 is 14.6 Å². The molecule has 21 heavy (non-hydrogen) atoms. The van der Waals surface area contributed by atoms with E-state index >= 15 is 0 Å². The van der Waals surface area contributed by atoms with Crippen molar-refractivity contribution in [1.29, 1.82) is 0 Å². The lowest BCUT2D eigenvalue weighted by Crippen LogP contribution is -2.26. The number of hydrogen-bond acceptors (Lipinski definition) is 3. The molecule has 5 heteroatoms. The molecule has 0 saturated heterocycles. The molecule has 1 aromatic heterocycles. The van der Waals surface area contributed by atoms with Crippen LogP contribution >= 0.6 is 0 Å². The first-order chi connectivity index (χ1) is 10.1. The van der Waals surface area contributed by atoms with Gasteiger partial charge >= 0.3 is 0 Å². The Kier molecular flexibility index (Phi) is 4.77. The van der Waals surface area contributed by atoms with Crippen molar-refractivity contribution >= 4 is 11.8 Å². The van der Waals surface area contributed by atoms with Crippen molar-refractivity contribution in [3.63, 3.8) is 0 Å². The SMILES string of the molecule is CC(=O)NCc1ccc(C(=O)N(C)Cc2ccco2)cc1. The molecule has 0 aliphatic carbocycles. The van der Waals surface area contributed by atoms with Gasteiger partial charge in [0.25, 0.3) is 5.91 Å². The van der Waals surface area contributed by atoms with Crippen LogP contribution in [0.4, 0.5) is 0 Å². The van der Waals surface area contributed by atoms with Gasteiger partial charge in [-0.25, -0.2) is 0 Å². The Balaban J connectivity index is 1.97. The van der Waals surface area contributed by atoms with Crippen LogP contribution in [0.3, 0.4) is 0 Å². The second-order valence-corrected chi connectivity index (χ2v) is 4.85. The van der Waals surface area contributed by atoms with E-state index in [0.29, 0.717) is 18.7 Å². The number of amides is 2. The lowest BCUT2D eigenvalue weighted by atomic mass is 10.1. The van der Waals surface area contributed by atoms with Gasteiger partial charge in [-0.2, -0.15) is 0 Å². The highest BCUT2D eigenvalue weighted by atomic mass is 16.3. The number of carbonyl (C=O) groups excluding carboxylic acids is 2. The van der Waals surface area contributed by atoms with Gasteiger partial charge in [0.15, 0.2) is 0 Å². The Labute approximate surface area is 123 Å². The summed E-state index contributed by atoms with van der Waals surface area (Å²) in [5, 5.41) is 2.72. The average molecular weight is 286 g/mol. The van der Waals surface area contributed by atoms with Gasteiger partial charge in [-0.3, -0.25) is 9.59 Å². The fraction of sp³-hybridized carbons (Fsp3) is 0.250. The first kappa shape index (κ1) is 14.8. The molecule has 1 aromatic carbocycles. The zero-order chi connectivity index (χ0) is 15.2. The van der Waals surface area contributed by atoms with Crippen LogP contribution in [-0.2, 0) is 17.9 Å². The van der Waals surface area contributed by atoms with Crippen LogP contribution in [0.2, 0.25) is 0 Å². The van der Waals surface area contributed by atoms with Crippen LogP contribution < -0.4 is 5.32 Å². The molecule has 5 nitrogen and oxygen atoms in total. The summed E-state index contributed by atoms with van der Waals surface area (Å²) < 4.78 is 5.23. The normalized spacial score (nSPS) is 10.2. The average Bonchev–Trinajstić information content (AvgIpc) is 2.97. The first-order valence-electron chi connectivity index (χ1n) is 6.67. The van der Waals surface area contributed by atoms with E-state index in [1.165, 1.54) is 6.92 Å². The van der Waals surface area contributed by atoms with E-state index in [1.807, 2.05) is 18.2 Å². The van der Waals surface area contributed by atoms with Crippen LogP contribution in [0.1, 0.15) is 28.6 Å². The largest absolute Gasteiger partial charge is 0.467 e. The van der Waals surface area contributed by atoms with Crippen molar-refractivity contribution in [2.24, 2.45) is 0 Å². The maximum Gasteiger partial charge on any atom is 0.254 e. The fourth-order valence-corrected chi connectivity index (χ4v) is 1.92. The predicted octanol–water partition coefficient (Wildman–Crippen LogP) is 2.19. The summed E-state index contributed by atoms with van der Waals surface area (Å²) in [6, 6.07) is 10.8. The van der Waals surface area contributed by atoms with Crippen LogP contribution in [0.5, 0.6) is 0 Å². The maximum absolute atomic E-state index is 12.3. The standard InChI is InChI=1S/C16H18N2O3/c1-12(19)17-10-13-5-7-14(8-6-13)16(20)18(2)11-15-4-3-9-21-15/h3-9H,10-11H2,1-2H3,(H,17,19). The predicted molar refractivity (Wildman–Crippen MR) is 78.5 cm³/mol. The molecule has 0 aliphatic rings. The van der Waals surface area contributed by atoms with Gasteiger partial charge in [0.1, 0.15) is 5.76 Å². The van der Waals surface area contributed by atoms with Crippen molar-refractivity contribution in [2.45, 2.75) is 20.0 Å². The quantitative estimate of drug-likeness (QED) is 0.916. The van der Waals surface area contributed by atoms with Crippen molar-refractivity contribution in [3.8, 4) is 0 Å². The molecule has 0 fully saturated rings. The Bertz CT molecular complexity index is 603. The summed E-state index contributed by atoms with van der Waals surface area (Å²) in [5.74, 6) is 0.596. The third kappa shape index (κ3) is 4.21. The molecule has 110 valence electrons. The Morgan fingerprint density at radius 1 is 1.19 bits per heavy atom. The zero-order valence-corrected chi connectivity index (χ0v) is 12.1. The van der Waals surface area contributed by atoms with Crippen LogP contribution in [0.15, 0.2) is 47.1 Å². The molecule has 1 N–H and O–H groups in total. The van der Waals surface area contributed by atoms with E-state index in [4.69, 9.17) is 4.42 Å². The zero-order valence-electron chi connectivity index (χ0n) is 12.1. The van der Waals surface area contributed by atoms with E-state index in [1.54, 1.807) is 36.4 Å². The smallest absolute Gasteiger partial charge is 0.254 e. The molecular weight excluding hydrogens is 268 g/mol. The summed E-state index contributed by atoms with van der Waals surface area (Å²) in [7, 11) is 1.73. The van der Waals surface area contributed by atoms with Gasteiger partial charge in [0.2, 0.25) is 5.91 Å². The number of nitrogens with one attached hydrogen (secondary N) is 1. The molecule has 2 aromatic rings. The minimum Gasteiger partial charge on any atom is -0.467 e. The van der Waals surface area contributed by atoms with E-state index in [2.05, 4.69) is 5.32 Å². The number of benzene rings is 1. The van der Waals surface area contributed by atoms with Crippen LogP contribution in [-0.4, -0.2) is 23.8 Å². The number of nitrogens with zero attached hydrogens (tertiary/aromatic N) is 1. The molecule has 0 radical (unpaired) electrons. The second kappa shape index (κ2) is 6.74. The highest BCUT2D eigenvalue weighted by Gasteiger charge is 2.13. The van der Waals surface area contributed by atoms with Crippen LogP contribution in [0, 0.1) is 0 Å². The molecule has 0 spiro atoms. The Morgan fingerprint density at radius 2 is 1.90 bits per heavy atom. The van der Waals surface area contributed by atoms with Gasteiger partial charge in [-0.1, -0.05) is 12.1 Å². The van der Waals surface area contributed by atoms with Gasteiger partial charge in [0.05, 0.1) is 12.8 Å². The van der Waals surface area contributed by atoms with Crippen molar-refractivity contribution in [1.82, 2.24) is 10.2 Å². The topological polar surface area (TPSA) is 62.6 Å². The van der Waals surface area contributed by atoms with Gasteiger partial charge in [0, 0.05) is 26.1 Å².